The van der Waals surface area contributed by atoms with Gasteiger partial charge in [-0.2, -0.15) is 0 Å². The Hall–Kier alpha value is -3.27. The molecule has 1 fully saturated rings. The van der Waals surface area contributed by atoms with Crippen molar-refractivity contribution < 1.29 is 28.6 Å². The number of halogens is 2. The van der Waals surface area contributed by atoms with E-state index in [1.54, 1.807) is 6.92 Å². The van der Waals surface area contributed by atoms with Crippen LogP contribution < -0.4 is 10.7 Å². The van der Waals surface area contributed by atoms with Crippen LogP contribution in [0.15, 0.2) is 23.1 Å². The second-order valence-corrected chi connectivity index (χ2v) is 8.69. The first-order valence-corrected chi connectivity index (χ1v) is 10.8. The summed E-state index contributed by atoms with van der Waals surface area (Å²) in [7, 11) is 0. The zero-order valence-corrected chi connectivity index (χ0v) is 18.3. The number of benzene rings is 1. The molecular formula is C23H25F2N3O5. The summed E-state index contributed by atoms with van der Waals surface area (Å²) in [5.41, 5.74) is -3.05. The van der Waals surface area contributed by atoms with E-state index in [0.717, 1.165) is 18.3 Å². The Balaban J connectivity index is 1.73. The molecule has 2 bridgehead atoms. The van der Waals surface area contributed by atoms with Crippen LogP contribution in [0.3, 0.4) is 0 Å². The molecule has 3 heterocycles. The van der Waals surface area contributed by atoms with Crippen LogP contribution in [-0.2, 0) is 6.54 Å². The van der Waals surface area contributed by atoms with Crippen molar-refractivity contribution in [3.8, 4) is 5.75 Å². The van der Waals surface area contributed by atoms with Crippen LogP contribution in [0.2, 0.25) is 0 Å². The molecule has 0 spiro atoms. The van der Waals surface area contributed by atoms with Crippen molar-refractivity contribution in [2.24, 2.45) is 0 Å². The number of aromatic hydroxyl groups is 1. The average molecular weight is 461 g/mol. The number of nitrogens with one attached hydrogen (secondary N) is 1. The molecule has 0 saturated carbocycles. The molecule has 2 aliphatic heterocycles. The molecule has 176 valence electrons. The van der Waals surface area contributed by atoms with E-state index in [1.165, 1.54) is 16.4 Å². The van der Waals surface area contributed by atoms with Gasteiger partial charge in [0.2, 0.25) is 5.43 Å². The molecule has 2 atom stereocenters. The number of fused-ring (bicyclic) bond motifs is 4. The number of hydrogen-bond donors (Lipinski definition) is 3. The quantitative estimate of drug-likeness (QED) is 0.645. The Morgan fingerprint density at radius 3 is 2.58 bits per heavy atom. The van der Waals surface area contributed by atoms with Crippen molar-refractivity contribution >= 4 is 11.8 Å². The first-order chi connectivity index (χ1) is 15.6. The van der Waals surface area contributed by atoms with Crippen molar-refractivity contribution in [2.75, 3.05) is 13.1 Å². The molecule has 1 saturated heterocycles. The second kappa shape index (κ2) is 8.26. The highest BCUT2D eigenvalue weighted by Crippen LogP contribution is 2.39. The Morgan fingerprint density at radius 1 is 1.27 bits per heavy atom. The van der Waals surface area contributed by atoms with Gasteiger partial charge in [0.25, 0.3) is 11.8 Å². The van der Waals surface area contributed by atoms with Gasteiger partial charge in [-0.15, -0.1) is 0 Å². The summed E-state index contributed by atoms with van der Waals surface area (Å²) in [4.78, 5) is 39.9. The van der Waals surface area contributed by atoms with Gasteiger partial charge in [-0.1, -0.05) is 6.92 Å². The second-order valence-electron chi connectivity index (χ2n) is 8.69. The van der Waals surface area contributed by atoms with E-state index >= 15 is 0 Å². The van der Waals surface area contributed by atoms with Crippen LogP contribution in [0.4, 0.5) is 8.78 Å². The normalized spacial score (nSPS) is 22.0. The van der Waals surface area contributed by atoms with Crippen LogP contribution in [0, 0.1) is 18.6 Å². The van der Waals surface area contributed by atoms with Crippen molar-refractivity contribution in [1.82, 2.24) is 14.8 Å². The van der Waals surface area contributed by atoms with Gasteiger partial charge in [0.05, 0.1) is 11.6 Å². The zero-order chi connectivity index (χ0) is 24.1. The van der Waals surface area contributed by atoms with Gasteiger partial charge in [0.1, 0.15) is 17.2 Å². The summed E-state index contributed by atoms with van der Waals surface area (Å²) < 4.78 is 29.5. The fraction of sp³-hybridized carbons (Fsp3) is 0.435. The Bertz CT molecular complexity index is 1190. The van der Waals surface area contributed by atoms with Gasteiger partial charge in [0, 0.05) is 31.4 Å². The standard InChI is InChI=1S/C23H25F2N3O5/c1-3-23(33)5-4-6-27-11-17(23)28-10-14(19(29)20(30)18(28)22(27)32)21(31)26-9-13-15(24)7-12(2)8-16(13)25/h7-8,10,17,30,33H,3-6,9,11H2,1-2H3,(H,26,31)/t17-,23+/m1/s1. The van der Waals surface area contributed by atoms with Gasteiger partial charge in [-0.25, -0.2) is 8.78 Å². The molecule has 2 aromatic rings. The molecule has 10 heteroatoms. The van der Waals surface area contributed by atoms with Crippen molar-refractivity contribution in [2.45, 2.75) is 51.3 Å². The van der Waals surface area contributed by atoms with Crippen molar-refractivity contribution in [3.05, 3.63) is 62.6 Å². The lowest BCUT2D eigenvalue weighted by molar-refractivity contribution is -0.0270. The molecule has 1 aromatic carbocycles. The van der Waals surface area contributed by atoms with Crippen LogP contribution in [0.1, 0.15) is 64.2 Å². The lowest BCUT2D eigenvalue weighted by Gasteiger charge is -2.41. The minimum atomic E-state index is -1.21. The minimum absolute atomic E-state index is 0.166. The predicted molar refractivity (Wildman–Crippen MR) is 114 cm³/mol. The summed E-state index contributed by atoms with van der Waals surface area (Å²) >= 11 is 0. The van der Waals surface area contributed by atoms with E-state index in [0.29, 0.717) is 31.4 Å². The first kappa shape index (κ1) is 22.9. The number of aliphatic hydroxyl groups is 1. The van der Waals surface area contributed by atoms with Gasteiger partial charge in [-0.05, 0) is 43.9 Å². The zero-order valence-electron chi connectivity index (χ0n) is 18.3. The summed E-state index contributed by atoms with van der Waals surface area (Å²) in [6.45, 7) is 3.35. The van der Waals surface area contributed by atoms with Crippen LogP contribution in [0.25, 0.3) is 0 Å². The number of nitrogens with zero attached hydrogens (tertiary/aromatic N) is 2. The Morgan fingerprint density at radius 2 is 1.94 bits per heavy atom. The molecule has 33 heavy (non-hydrogen) atoms. The number of amides is 2. The van der Waals surface area contributed by atoms with E-state index in [2.05, 4.69) is 5.32 Å². The molecule has 0 radical (unpaired) electrons. The highest BCUT2D eigenvalue weighted by molar-refractivity contribution is 5.99. The molecule has 8 nitrogen and oxygen atoms in total. The van der Waals surface area contributed by atoms with E-state index in [4.69, 9.17) is 0 Å². The van der Waals surface area contributed by atoms with Gasteiger partial charge < -0.3 is 25.0 Å². The monoisotopic (exact) mass is 461 g/mol. The number of rotatable bonds is 4. The van der Waals surface area contributed by atoms with Crippen molar-refractivity contribution in [1.29, 1.82) is 0 Å². The third-order valence-electron chi connectivity index (χ3n) is 6.66. The fourth-order valence-electron chi connectivity index (χ4n) is 4.71. The minimum Gasteiger partial charge on any atom is -0.503 e. The highest BCUT2D eigenvalue weighted by atomic mass is 19.1. The van der Waals surface area contributed by atoms with Gasteiger partial charge in [0.15, 0.2) is 11.4 Å². The van der Waals surface area contributed by atoms with Crippen molar-refractivity contribution in [3.63, 3.8) is 0 Å². The molecule has 4 rings (SSSR count). The maximum absolute atomic E-state index is 14.1. The number of aromatic nitrogens is 1. The molecule has 2 amide bonds. The average Bonchev–Trinajstić information content (AvgIpc) is 2.91. The number of aryl methyl sites for hydroxylation is 1. The molecule has 1 aromatic heterocycles. The SMILES string of the molecule is CC[C@]1(O)CCCN2C[C@H]1n1cc(C(=O)NCc3c(F)cc(C)cc3F)c(=O)c(O)c1C2=O. The van der Waals surface area contributed by atoms with E-state index in [1.807, 2.05) is 0 Å². The topological polar surface area (TPSA) is 112 Å². The van der Waals surface area contributed by atoms with E-state index < -0.39 is 58.4 Å². The number of hydrogen-bond acceptors (Lipinski definition) is 5. The first-order valence-electron chi connectivity index (χ1n) is 10.8. The molecule has 0 unspecified atom stereocenters. The summed E-state index contributed by atoms with van der Waals surface area (Å²) in [6, 6.07) is 1.57. The van der Waals surface area contributed by atoms with Crippen LogP contribution >= 0.6 is 0 Å². The van der Waals surface area contributed by atoms with E-state index in [9.17, 15) is 33.4 Å². The molecule has 3 N–H and O–H groups in total. The molecular weight excluding hydrogens is 436 g/mol. The van der Waals surface area contributed by atoms with Crippen LogP contribution in [-0.4, -0.2) is 50.2 Å². The summed E-state index contributed by atoms with van der Waals surface area (Å²) in [6.07, 6.45) is 2.45. The third-order valence-corrected chi connectivity index (χ3v) is 6.66. The summed E-state index contributed by atoms with van der Waals surface area (Å²) in [5, 5.41) is 24.1. The third kappa shape index (κ3) is 3.78. The van der Waals surface area contributed by atoms with Crippen LogP contribution in [0.5, 0.6) is 5.75 Å². The largest absolute Gasteiger partial charge is 0.503 e. The maximum atomic E-state index is 14.1. The Kier molecular flexibility index (Phi) is 5.73. The maximum Gasteiger partial charge on any atom is 0.274 e. The number of carbonyl (C=O) groups is 2. The number of carbonyl (C=O) groups excluding carboxylic acids is 2. The fourth-order valence-corrected chi connectivity index (χ4v) is 4.71. The lowest BCUT2D eigenvalue weighted by atomic mass is 9.86. The highest BCUT2D eigenvalue weighted by Gasteiger charge is 2.46. The Labute approximate surface area is 188 Å². The lowest BCUT2D eigenvalue weighted by Crippen LogP contribution is -2.50. The predicted octanol–water partition coefficient (Wildman–Crippen LogP) is 2.00. The van der Waals surface area contributed by atoms with E-state index in [-0.39, 0.29) is 17.8 Å². The smallest absolute Gasteiger partial charge is 0.274 e. The number of pyridine rings is 1. The van der Waals surface area contributed by atoms with Gasteiger partial charge in [-0.3, -0.25) is 14.4 Å². The molecule has 2 aliphatic rings. The van der Waals surface area contributed by atoms with Gasteiger partial charge >= 0.3 is 0 Å². The summed E-state index contributed by atoms with van der Waals surface area (Å²) in [5.74, 6) is -4.09. The molecule has 0 aliphatic carbocycles.